The van der Waals surface area contributed by atoms with Crippen LogP contribution in [0, 0.1) is 6.92 Å². The summed E-state index contributed by atoms with van der Waals surface area (Å²) in [4.78, 5) is 17.7. The number of hydrogen-bond acceptors (Lipinski definition) is 8. The van der Waals surface area contributed by atoms with Gasteiger partial charge < -0.3 is 18.0 Å². The number of nitrogens with zero attached hydrogens (tertiary/aromatic N) is 6. The fraction of sp³-hybridized carbons (Fsp3) is 0.0123. The highest BCUT2D eigenvalue weighted by molar-refractivity contribution is 7.27. The van der Waals surface area contributed by atoms with Crippen LogP contribution in [0.5, 0.6) is 0 Å². The number of furan rings is 2. The van der Waals surface area contributed by atoms with Crippen LogP contribution in [0.4, 0.5) is 0 Å². The van der Waals surface area contributed by atoms with Gasteiger partial charge in [0.25, 0.3) is 0 Å². The smallest absolute Gasteiger partial charge is 0.191 e. The quantitative estimate of drug-likeness (QED) is 0.160. The van der Waals surface area contributed by atoms with E-state index in [4.69, 9.17) is 25.4 Å². The minimum atomic E-state index is 0.340. The minimum Gasteiger partial charge on any atom is -0.452 e. The molecule has 0 fully saturated rings. The lowest BCUT2D eigenvalue weighted by molar-refractivity contribution is 0.666. The van der Waals surface area contributed by atoms with Gasteiger partial charge in [-0.15, -0.1) is 22.7 Å². The monoisotopic (exact) mass is 1240 g/mol. The normalized spacial score (nSPS) is 11.8. The molecule has 20 aromatic rings. The summed E-state index contributed by atoms with van der Waals surface area (Å²) in [5.74, 6) is 0. The third-order valence-electron chi connectivity index (χ3n) is 17.7. The summed E-state index contributed by atoms with van der Waals surface area (Å²) >= 11 is 9.82. The summed E-state index contributed by atoms with van der Waals surface area (Å²) in [6.45, 7) is 2.15. The second kappa shape index (κ2) is 21.8. The number of hydrogen-bond donors (Lipinski definition) is 0. The van der Waals surface area contributed by atoms with Gasteiger partial charge in [0.15, 0.2) is 16.3 Å². The molecule has 8 heterocycles. The third kappa shape index (κ3) is 8.78. The molecule has 8 aromatic heterocycles. The Bertz CT molecular complexity index is 6320. The van der Waals surface area contributed by atoms with E-state index in [1.807, 2.05) is 65.1 Å². The number of thiophene rings is 2. The molecule has 8 nitrogen and oxygen atoms in total. The molecule has 12 aromatic carbocycles. The molecule has 0 radical (unpaired) electrons. The first-order chi connectivity index (χ1) is 45.5. The maximum atomic E-state index is 6.45. The van der Waals surface area contributed by atoms with Crippen molar-refractivity contribution in [2.75, 3.05) is 0 Å². The molecule has 0 atom stereocenters. The van der Waals surface area contributed by atoms with E-state index in [-0.39, 0.29) is 0 Å². The second-order valence-corrected chi connectivity index (χ2v) is 25.5. The Balaban J connectivity index is 0.000000112. The van der Waals surface area contributed by atoms with E-state index < -0.39 is 0 Å². The molecule has 0 aliphatic heterocycles. The zero-order chi connectivity index (χ0) is 61.0. The van der Waals surface area contributed by atoms with E-state index in [0.717, 1.165) is 72.2 Å². The Morgan fingerprint density at radius 2 is 0.804 bits per heavy atom. The molecular formula is C81H49ClN6O2S2. The molecule has 0 unspecified atom stereocenters. The van der Waals surface area contributed by atoms with Gasteiger partial charge >= 0.3 is 0 Å². The van der Waals surface area contributed by atoms with Gasteiger partial charge in [-0.25, -0.2) is 19.9 Å². The molecule has 0 aliphatic carbocycles. The molecule has 0 saturated carbocycles. The Kier molecular flexibility index (Phi) is 12.7. The maximum absolute atomic E-state index is 6.45. The summed E-state index contributed by atoms with van der Waals surface area (Å²) in [5, 5.41) is 12.9. The standard InChI is InChI=1S/C40H23N3OS.C25H17NS.C16H9ClN2O/c1-2-9-24(10-3-1)25-17-20-34-31(22-25)38-39(44-34)37(41-23-42-38)26-11-8-12-27(21-26)43-32-15-6-4-14-30(32)36-33(43)19-18-29-28-13-5-7-16-35(28)45-40(29)36;1-16-7-6-8-17(15-16)26-21-11-4-2-10-20(21)24-22(26)14-13-19-18-9-3-5-12-23(18)27-25(19)24;17-16-15-14(18-9-19-16)12-8-11(6-7-13(12)20-15)10-4-2-1-3-5-10/h1-23H;2-15H,1H3;1-9H. The number of halogens is 1. The molecule has 20 rings (SSSR count). The van der Waals surface area contributed by atoms with Crippen molar-refractivity contribution in [3.63, 3.8) is 0 Å². The van der Waals surface area contributed by atoms with Crippen molar-refractivity contribution >= 4 is 162 Å². The first kappa shape index (κ1) is 53.7. The first-order valence-electron chi connectivity index (χ1n) is 30.4. The van der Waals surface area contributed by atoms with Gasteiger partial charge in [-0.2, -0.15) is 0 Å². The molecule has 11 heteroatoms. The maximum Gasteiger partial charge on any atom is 0.191 e. The van der Waals surface area contributed by atoms with Crippen molar-refractivity contribution < 1.29 is 8.83 Å². The van der Waals surface area contributed by atoms with E-state index in [1.54, 1.807) is 6.33 Å². The molecule has 0 saturated heterocycles. The van der Waals surface area contributed by atoms with Gasteiger partial charge in [0.1, 0.15) is 40.5 Å². The van der Waals surface area contributed by atoms with Gasteiger partial charge in [0.05, 0.1) is 22.1 Å². The number of fused-ring (bicyclic) bond motifs is 20. The second-order valence-electron chi connectivity index (χ2n) is 23.1. The highest BCUT2D eigenvalue weighted by atomic mass is 35.5. The highest BCUT2D eigenvalue weighted by Gasteiger charge is 2.22. The number of aromatic nitrogens is 6. The lowest BCUT2D eigenvalue weighted by atomic mass is 10.0. The zero-order valence-corrected chi connectivity index (χ0v) is 51.6. The van der Waals surface area contributed by atoms with Crippen LogP contribution < -0.4 is 0 Å². The minimum absolute atomic E-state index is 0.340. The molecule has 92 heavy (non-hydrogen) atoms. The van der Waals surface area contributed by atoms with E-state index >= 15 is 0 Å². The van der Waals surface area contributed by atoms with E-state index in [2.05, 4.69) is 255 Å². The van der Waals surface area contributed by atoms with Crippen molar-refractivity contribution in [3.8, 4) is 44.9 Å². The van der Waals surface area contributed by atoms with Crippen LogP contribution in [-0.4, -0.2) is 29.1 Å². The molecule has 0 amide bonds. The Morgan fingerprint density at radius 1 is 0.337 bits per heavy atom. The number of rotatable bonds is 5. The number of para-hydroxylation sites is 2. The largest absolute Gasteiger partial charge is 0.452 e. The zero-order valence-electron chi connectivity index (χ0n) is 49.3. The SMILES string of the molecule is Cc1cccc(-n2c3ccccc3c3c4sc5ccccc5c4ccc32)c1.Clc1ncnc2c1oc1ccc(-c3ccccc3)cc12.c1ccc(-c2ccc3oc4c(-c5cccc(-n6c7ccccc7c7c8sc9ccccc9c8ccc76)c5)ncnc4c3c2)cc1. The molecule has 0 aliphatic rings. The Morgan fingerprint density at radius 3 is 1.37 bits per heavy atom. The third-order valence-corrected chi connectivity index (χ3v) is 20.3. The Labute approximate surface area is 538 Å². The van der Waals surface area contributed by atoms with Gasteiger partial charge in [0.2, 0.25) is 0 Å². The van der Waals surface area contributed by atoms with Gasteiger partial charge in [-0.05, 0) is 120 Å². The van der Waals surface area contributed by atoms with Crippen molar-refractivity contribution in [3.05, 3.63) is 290 Å². The molecule has 0 N–H and O–H groups in total. The lowest BCUT2D eigenvalue weighted by Crippen LogP contribution is -1.95. The highest BCUT2D eigenvalue weighted by Crippen LogP contribution is 2.46. The first-order valence-corrected chi connectivity index (χ1v) is 32.4. The van der Waals surface area contributed by atoms with Gasteiger partial charge in [-0.3, -0.25) is 0 Å². The van der Waals surface area contributed by atoms with Crippen LogP contribution in [0.25, 0.3) is 173 Å². The molecule has 0 spiro atoms. The summed E-state index contributed by atoms with van der Waals surface area (Å²) in [6, 6.07) is 94.3. The van der Waals surface area contributed by atoms with E-state index in [1.165, 1.54) is 102 Å². The summed E-state index contributed by atoms with van der Waals surface area (Å²) in [5.41, 5.74) is 19.2. The Hall–Kier alpha value is -11.3. The van der Waals surface area contributed by atoms with Crippen LogP contribution in [-0.2, 0) is 0 Å². The topological polar surface area (TPSA) is 87.7 Å². The number of aryl methyl sites for hydroxylation is 1. The summed E-state index contributed by atoms with van der Waals surface area (Å²) < 4.78 is 22.3. The van der Waals surface area contributed by atoms with Gasteiger partial charge in [-0.1, -0.05) is 194 Å². The van der Waals surface area contributed by atoms with E-state index in [9.17, 15) is 0 Å². The molecular weight excluding hydrogens is 1190 g/mol. The fourth-order valence-electron chi connectivity index (χ4n) is 13.5. The predicted octanol–water partition coefficient (Wildman–Crippen LogP) is 23.3. The summed E-state index contributed by atoms with van der Waals surface area (Å²) in [7, 11) is 0. The number of benzene rings is 12. The van der Waals surface area contributed by atoms with Crippen molar-refractivity contribution in [1.29, 1.82) is 0 Å². The van der Waals surface area contributed by atoms with Crippen LogP contribution in [0.1, 0.15) is 5.56 Å². The van der Waals surface area contributed by atoms with Crippen LogP contribution in [0.2, 0.25) is 5.15 Å². The predicted molar refractivity (Wildman–Crippen MR) is 386 cm³/mol. The molecule has 434 valence electrons. The van der Waals surface area contributed by atoms with Crippen LogP contribution >= 0.6 is 34.3 Å². The molecule has 0 bridgehead atoms. The lowest BCUT2D eigenvalue weighted by Gasteiger charge is -2.10. The van der Waals surface area contributed by atoms with E-state index in [0.29, 0.717) is 16.3 Å². The van der Waals surface area contributed by atoms with Crippen molar-refractivity contribution in [2.24, 2.45) is 0 Å². The average molecular weight is 1240 g/mol. The van der Waals surface area contributed by atoms with Gasteiger partial charge in [0, 0.05) is 89.6 Å². The fourth-order valence-corrected chi connectivity index (χ4v) is 16.2. The average Bonchev–Trinajstić information content (AvgIpc) is 1.59. The summed E-state index contributed by atoms with van der Waals surface area (Å²) in [6.07, 6.45) is 3.10. The van der Waals surface area contributed by atoms with Crippen LogP contribution in [0.15, 0.2) is 288 Å². The van der Waals surface area contributed by atoms with Crippen molar-refractivity contribution in [1.82, 2.24) is 29.1 Å². The van der Waals surface area contributed by atoms with Crippen molar-refractivity contribution in [2.45, 2.75) is 6.92 Å². The van der Waals surface area contributed by atoms with Crippen LogP contribution in [0.3, 0.4) is 0 Å².